The Morgan fingerprint density at radius 1 is 1.44 bits per heavy atom. The molecule has 0 amide bonds. The summed E-state index contributed by atoms with van der Waals surface area (Å²) in [6.07, 6.45) is 1.35. The number of anilines is 1. The van der Waals surface area contributed by atoms with E-state index in [2.05, 4.69) is 18.9 Å². The highest BCUT2D eigenvalue weighted by Gasteiger charge is 2.33. The van der Waals surface area contributed by atoms with Gasteiger partial charge >= 0.3 is 0 Å². The van der Waals surface area contributed by atoms with Crippen molar-refractivity contribution < 1.29 is 0 Å². The van der Waals surface area contributed by atoms with Crippen LogP contribution in [-0.2, 0) is 5.88 Å². The van der Waals surface area contributed by atoms with Crippen molar-refractivity contribution in [1.29, 1.82) is 0 Å². The van der Waals surface area contributed by atoms with Gasteiger partial charge in [0.25, 0.3) is 0 Å². The lowest BCUT2D eigenvalue weighted by molar-refractivity contribution is 0.724. The average molecular weight is 258 g/mol. The van der Waals surface area contributed by atoms with Crippen molar-refractivity contribution in [2.24, 2.45) is 11.8 Å². The number of benzene rings is 1. The predicted octanol–water partition coefficient (Wildman–Crippen LogP) is 4.17. The van der Waals surface area contributed by atoms with E-state index < -0.39 is 0 Å². The van der Waals surface area contributed by atoms with Crippen molar-refractivity contribution in [3.63, 3.8) is 0 Å². The summed E-state index contributed by atoms with van der Waals surface area (Å²) in [7, 11) is 2.12. The maximum atomic E-state index is 6.03. The molecular formula is C13H17Cl2N. The summed E-state index contributed by atoms with van der Waals surface area (Å²) < 4.78 is 0. The van der Waals surface area contributed by atoms with Crippen LogP contribution in [0.2, 0.25) is 5.02 Å². The summed E-state index contributed by atoms with van der Waals surface area (Å²) >= 11 is 12.0. The molecule has 1 nitrogen and oxygen atoms in total. The van der Waals surface area contributed by atoms with E-state index in [4.69, 9.17) is 23.2 Å². The third-order valence-electron chi connectivity index (χ3n) is 3.39. The molecule has 0 N–H and O–H groups in total. The van der Waals surface area contributed by atoms with Gasteiger partial charge in [-0.1, -0.05) is 24.6 Å². The Morgan fingerprint density at radius 3 is 2.69 bits per heavy atom. The first-order chi connectivity index (χ1) is 7.61. The Kier molecular flexibility index (Phi) is 3.66. The third kappa shape index (κ3) is 2.64. The molecule has 16 heavy (non-hydrogen) atoms. The minimum absolute atomic E-state index is 0.539. The quantitative estimate of drug-likeness (QED) is 0.732. The second kappa shape index (κ2) is 4.85. The van der Waals surface area contributed by atoms with Gasteiger partial charge in [0.15, 0.2) is 0 Å². The van der Waals surface area contributed by atoms with Gasteiger partial charge in [-0.15, -0.1) is 11.6 Å². The van der Waals surface area contributed by atoms with Gasteiger partial charge in [0, 0.05) is 30.2 Å². The van der Waals surface area contributed by atoms with Crippen LogP contribution in [0.4, 0.5) is 5.69 Å². The summed E-state index contributed by atoms with van der Waals surface area (Å²) in [5, 5.41) is 0.777. The zero-order valence-electron chi connectivity index (χ0n) is 9.71. The van der Waals surface area contributed by atoms with Crippen LogP contribution >= 0.6 is 23.2 Å². The van der Waals surface area contributed by atoms with E-state index in [0.717, 1.165) is 29.0 Å². The molecule has 1 aromatic rings. The molecule has 1 saturated carbocycles. The highest BCUT2D eigenvalue weighted by Crippen LogP contribution is 2.39. The van der Waals surface area contributed by atoms with Crippen LogP contribution in [0.5, 0.6) is 0 Å². The number of rotatable bonds is 4. The Labute approximate surface area is 107 Å². The molecule has 0 saturated heterocycles. The molecule has 2 rings (SSSR count). The topological polar surface area (TPSA) is 3.24 Å². The molecule has 2 atom stereocenters. The molecular weight excluding hydrogens is 241 g/mol. The fourth-order valence-electron chi connectivity index (χ4n) is 2.11. The van der Waals surface area contributed by atoms with Crippen molar-refractivity contribution >= 4 is 28.9 Å². The van der Waals surface area contributed by atoms with Gasteiger partial charge in [0.05, 0.1) is 0 Å². The maximum absolute atomic E-state index is 6.03. The minimum Gasteiger partial charge on any atom is -0.374 e. The molecule has 2 unspecified atom stereocenters. The van der Waals surface area contributed by atoms with Crippen LogP contribution < -0.4 is 4.90 Å². The van der Waals surface area contributed by atoms with E-state index >= 15 is 0 Å². The zero-order chi connectivity index (χ0) is 11.7. The second-order valence-electron chi connectivity index (χ2n) is 4.76. The van der Waals surface area contributed by atoms with Gasteiger partial charge in [0.1, 0.15) is 0 Å². The summed E-state index contributed by atoms with van der Waals surface area (Å²) in [6, 6.07) is 5.92. The van der Waals surface area contributed by atoms with E-state index in [9.17, 15) is 0 Å². The first-order valence-electron chi connectivity index (χ1n) is 5.67. The normalized spacial score (nSPS) is 23.2. The van der Waals surface area contributed by atoms with Gasteiger partial charge in [-0.2, -0.15) is 0 Å². The predicted molar refractivity (Wildman–Crippen MR) is 71.6 cm³/mol. The number of hydrogen-bond donors (Lipinski definition) is 0. The van der Waals surface area contributed by atoms with Crippen molar-refractivity contribution in [2.45, 2.75) is 19.2 Å². The van der Waals surface area contributed by atoms with Gasteiger partial charge in [-0.25, -0.2) is 0 Å². The van der Waals surface area contributed by atoms with Gasteiger partial charge in [-0.05, 0) is 36.0 Å². The van der Waals surface area contributed by atoms with Crippen LogP contribution in [0.15, 0.2) is 18.2 Å². The number of hydrogen-bond acceptors (Lipinski definition) is 1. The summed E-state index contributed by atoms with van der Waals surface area (Å²) in [5.74, 6) is 2.25. The standard InChI is InChI=1S/C13H17Cl2N/c1-9-5-11(9)8-16(2)13-6-12(15)4-3-10(13)7-14/h3-4,6,9,11H,5,7-8H2,1-2H3. The van der Waals surface area contributed by atoms with Gasteiger partial charge in [0.2, 0.25) is 0 Å². The summed E-state index contributed by atoms with van der Waals surface area (Å²) in [5.41, 5.74) is 2.32. The van der Waals surface area contributed by atoms with Gasteiger partial charge in [-0.3, -0.25) is 0 Å². The molecule has 1 fully saturated rings. The van der Waals surface area contributed by atoms with Crippen LogP contribution in [-0.4, -0.2) is 13.6 Å². The molecule has 0 radical (unpaired) electrons. The van der Waals surface area contributed by atoms with E-state index in [0.29, 0.717) is 5.88 Å². The van der Waals surface area contributed by atoms with Crippen LogP contribution in [0.1, 0.15) is 18.9 Å². The first kappa shape index (κ1) is 12.1. The Bertz CT molecular complexity index is 378. The fraction of sp³-hybridized carbons (Fsp3) is 0.538. The van der Waals surface area contributed by atoms with Crippen molar-refractivity contribution in [2.75, 3.05) is 18.5 Å². The lowest BCUT2D eigenvalue weighted by atomic mass is 10.1. The number of alkyl halides is 1. The molecule has 1 aromatic carbocycles. The van der Waals surface area contributed by atoms with Crippen LogP contribution in [0.25, 0.3) is 0 Å². The molecule has 1 aliphatic rings. The summed E-state index contributed by atoms with van der Waals surface area (Å²) in [4.78, 5) is 2.28. The van der Waals surface area contributed by atoms with E-state index in [1.165, 1.54) is 12.1 Å². The first-order valence-corrected chi connectivity index (χ1v) is 6.58. The highest BCUT2D eigenvalue weighted by atomic mass is 35.5. The Morgan fingerprint density at radius 2 is 2.12 bits per heavy atom. The molecule has 0 bridgehead atoms. The van der Waals surface area contributed by atoms with Gasteiger partial charge < -0.3 is 4.90 Å². The van der Waals surface area contributed by atoms with Crippen molar-refractivity contribution in [3.8, 4) is 0 Å². The average Bonchev–Trinajstić information content (AvgIpc) is 2.94. The van der Waals surface area contributed by atoms with E-state index in [-0.39, 0.29) is 0 Å². The lowest BCUT2D eigenvalue weighted by Gasteiger charge is -2.22. The molecule has 1 aliphatic carbocycles. The smallest absolute Gasteiger partial charge is 0.0494 e. The van der Waals surface area contributed by atoms with E-state index in [1.54, 1.807) is 0 Å². The maximum Gasteiger partial charge on any atom is 0.0494 e. The number of halogens is 2. The molecule has 88 valence electrons. The molecule has 0 aliphatic heterocycles. The lowest BCUT2D eigenvalue weighted by Crippen LogP contribution is -2.21. The molecule has 0 spiro atoms. The number of nitrogens with zero attached hydrogens (tertiary/aromatic N) is 1. The second-order valence-corrected chi connectivity index (χ2v) is 5.46. The SMILES string of the molecule is CC1CC1CN(C)c1cc(Cl)ccc1CCl. The fourth-order valence-corrected chi connectivity index (χ4v) is 2.50. The van der Waals surface area contributed by atoms with Crippen LogP contribution in [0, 0.1) is 11.8 Å². The zero-order valence-corrected chi connectivity index (χ0v) is 11.2. The Balaban J connectivity index is 2.13. The highest BCUT2D eigenvalue weighted by molar-refractivity contribution is 6.31. The van der Waals surface area contributed by atoms with E-state index in [1.807, 2.05) is 18.2 Å². The molecule has 3 heteroatoms. The monoisotopic (exact) mass is 257 g/mol. The largest absolute Gasteiger partial charge is 0.374 e. The summed E-state index contributed by atoms with van der Waals surface area (Å²) in [6.45, 7) is 3.41. The molecule has 0 aromatic heterocycles. The molecule has 0 heterocycles. The van der Waals surface area contributed by atoms with Crippen molar-refractivity contribution in [1.82, 2.24) is 0 Å². The minimum atomic E-state index is 0.539. The van der Waals surface area contributed by atoms with Crippen molar-refractivity contribution in [3.05, 3.63) is 28.8 Å². The Hall–Kier alpha value is -0.400. The third-order valence-corrected chi connectivity index (χ3v) is 3.91. The van der Waals surface area contributed by atoms with Crippen LogP contribution in [0.3, 0.4) is 0 Å².